The van der Waals surface area contributed by atoms with Crippen LogP contribution in [0.3, 0.4) is 0 Å². The van der Waals surface area contributed by atoms with Crippen molar-refractivity contribution in [2.75, 3.05) is 33.2 Å². The first-order valence-corrected chi connectivity index (χ1v) is 10.1. The van der Waals surface area contributed by atoms with Crippen LogP contribution < -0.4 is 10.6 Å². The number of piperidine rings is 1. The van der Waals surface area contributed by atoms with Gasteiger partial charge in [-0.2, -0.15) is 0 Å². The molecule has 1 aliphatic carbocycles. The summed E-state index contributed by atoms with van der Waals surface area (Å²) in [5.41, 5.74) is 0. The fourth-order valence-electron chi connectivity index (χ4n) is 4.44. The number of hydrogen-bond acceptors (Lipinski definition) is 3. The Morgan fingerprint density at radius 2 is 1.96 bits per heavy atom. The Morgan fingerprint density at radius 3 is 2.62 bits per heavy atom. The average molecular weight is 336 g/mol. The van der Waals surface area contributed by atoms with Crippen molar-refractivity contribution in [2.24, 2.45) is 10.9 Å². The number of likely N-dealkylation sites (tertiary alicyclic amines) is 2. The standard InChI is InChI=1S/C19H37N5/c1-14-12-23(17-8-9-17)13-18(14)22-19(20-4)21-11-16(3)24-10-6-5-7-15(24)2/h14-18H,5-13H2,1-4H3,(H2,20,21,22). The molecule has 3 rings (SSSR count). The molecule has 0 aromatic heterocycles. The van der Waals surface area contributed by atoms with E-state index in [4.69, 9.17) is 0 Å². The molecule has 4 atom stereocenters. The molecule has 24 heavy (non-hydrogen) atoms. The van der Waals surface area contributed by atoms with Crippen molar-refractivity contribution in [2.45, 2.75) is 77.0 Å². The van der Waals surface area contributed by atoms with E-state index >= 15 is 0 Å². The third kappa shape index (κ3) is 4.42. The predicted molar refractivity (Wildman–Crippen MR) is 102 cm³/mol. The highest BCUT2D eigenvalue weighted by atomic mass is 15.3. The SMILES string of the molecule is CN=C(NCC(C)N1CCCCC1C)NC1CN(C2CC2)CC1C. The second-order valence-electron chi connectivity index (χ2n) is 8.30. The quantitative estimate of drug-likeness (QED) is 0.595. The Hall–Kier alpha value is -0.810. The van der Waals surface area contributed by atoms with Crippen LogP contribution in [0, 0.1) is 5.92 Å². The highest BCUT2D eigenvalue weighted by Gasteiger charge is 2.38. The van der Waals surface area contributed by atoms with Gasteiger partial charge in [0.1, 0.15) is 0 Å². The zero-order chi connectivity index (χ0) is 17.1. The van der Waals surface area contributed by atoms with E-state index in [-0.39, 0.29) is 0 Å². The minimum Gasteiger partial charge on any atom is -0.355 e. The first-order chi connectivity index (χ1) is 11.6. The van der Waals surface area contributed by atoms with Crippen molar-refractivity contribution in [3.63, 3.8) is 0 Å². The summed E-state index contributed by atoms with van der Waals surface area (Å²) in [6.07, 6.45) is 6.88. The fourth-order valence-corrected chi connectivity index (χ4v) is 4.44. The molecular weight excluding hydrogens is 298 g/mol. The molecule has 0 bridgehead atoms. The monoisotopic (exact) mass is 335 g/mol. The van der Waals surface area contributed by atoms with Crippen molar-refractivity contribution >= 4 is 5.96 Å². The van der Waals surface area contributed by atoms with Gasteiger partial charge in [0.15, 0.2) is 5.96 Å². The van der Waals surface area contributed by atoms with E-state index in [1.807, 2.05) is 7.05 Å². The molecule has 3 fully saturated rings. The Labute approximate surface area is 148 Å². The summed E-state index contributed by atoms with van der Waals surface area (Å²) >= 11 is 0. The van der Waals surface area contributed by atoms with E-state index in [1.165, 1.54) is 51.7 Å². The second-order valence-corrected chi connectivity index (χ2v) is 8.30. The Bertz CT molecular complexity index is 433. The zero-order valence-corrected chi connectivity index (χ0v) is 16.1. The number of rotatable bonds is 5. The van der Waals surface area contributed by atoms with Gasteiger partial charge >= 0.3 is 0 Å². The van der Waals surface area contributed by atoms with Gasteiger partial charge in [-0.25, -0.2) is 0 Å². The van der Waals surface area contributed by atoms with Crippen molar-refractivity contribution in [3.8, 4) is 0 Å². The minimum atomic E-state index is 0.529. The van der Waals surface area contributed by atoms with Crippen LogP contribution in [0.2, 0.25) is 0 Å². The number of aliphatic imine (C=N–C) groups is 1. The number of nitrogens with one attached hydrogen (secondary N) is 2. The Kier molecular flexibility index (Phi) is 6.03. The third-order valence-corrected chi connectivity index (χ3v) is 6.24. The normalized spacial score (nSPS) is 34.3. The van der Waals surface area contributed by atoms with Gasteiger partial charge in [-0.1, -0.05) is 13.3 Å². The van der Waals surface area contributed by atoms with Gasteiger partial charge in [0.25, 0.3) is 0 Å². The maximum absolute atomic E-state index is 4.47. The largest absolute Gasteiger partial charge is 0.355 e. The van der Waals surface area contributed by atoms with Crippen molar-refractivity contribution < 1.29 is 0 Å². The van der Waals surface area contributed by atoms with E-state index < -0.39 is 0 Å². The molecule has 1 saturated carbocycles. The molecule has 5 nitrogen and oxygen atoms in total. The van der Waals surface area contributed by atoms with Gasteiger partial charge in [-0.15, -0.1) is 0 Å². The van der Waals surface area contributed by atoms with Crippen molar-refractivity contribution in [3.05, 3.63) is 0 Å². The molecule has 0 aromatic carbocycles. The molecule has 2 aliphatic heterocycles. The molecule has 0 amide bonds. The van der Waals surface area contributed by atoms with Crippen LogP contribution in [0.4, 0.5) is 0 Å². The summed E-state index contributed by atoms with van der Waals surface area (Å²) < 4.78 is 0. The molecule has 4 unspecified atom stereocenters. The van der Waals surface area contributed by atoms with Crippen molar-refractivity contribution in [1.82, 2.24) is 20.4 Å². The number of nitrogens with zero attached hydrogens (tertiary/aromatic N) is 3. The summed E-state index contributed by atoms with van der Waals surface area (Å²) in [6, 6.07) is 2.67. The molecule has 0 aromatic rings. The van der Waals surface area contributed by atoms with Crippen molar-refractivity contribution in [1.29, 1.82) is 0 Å². The second kappa shape index (κ2) is 8.05. The lowest BCUT2D eigenvalue weighted by molar-refractivity contribution is 0.115. The topological polar surface area (TPSA) is 42.9 Å². The number of guanidine groups is 1. The van der Waals surface area contributed by atoms with Gasteiger partial charge in [0.05, 0.1) is 0 Å². The molecular formula is C19H37N5. The first-order valence-electron chi connectivity index (χ1n) is 10.1. The molecule has 2 heterocycles. The van der Waals surface area contributed by atoms with E-state index in [2.05, 4.69) is 46.2 Å². The summed E-state index contributed by atoms with van der Waals surface area (Å²) in [4.78, 5) is 9.77. The number of hydrogen-bond donors (Lipinski definition) is 2. The van der Waals surface area contributed by atoms with Gasteiger partial charge < -0.3 is 10.6 Å². The maximum Gasteiger partial charge on any atom is 0.191 e. The van der Waals surface area contributed by atoms with Gasteiger partial charge in [-0.3, -0.25) is 14.8 Å². The van der Waals surface area contributed by atoms with Crippen LogP contribution in [0.15, 0.2) is 4.99 Å². The zero-order valence-electron chi connectivity index (χ0n) is 16.1. The average Bonchev–Trinajstić information content (AvgIpc) is 3.36. The van der Waals surface area contributed by atoms with Gasteiger partial charge in [-0.05, 0) is 52.0 Å². The van der Waals surface area contributed by atoms with Crippen LogP contribution >= 0.6 is 0 Å². The predicted octanol–water partition coefficient (Wildman–Crippen LogP) is 1.90. The molecule has 138 valence electrons. The summed E-state index contributed by atoms with van der Waals surface area (Å²) in [5.74, 6) is 1.67. The van der Waals surface area contributed by atoms with E-state index in [0.717, 1.165) is 18.5 Å². The highest BCUT2D eigenvalue weighted by Crippen LogP contribution is 2.31. The van der Waals surface area contributed by atoms with E-state index in [0.29, 0.717) is 24.0 Å². The van der Waals surface area contributed by atoms with Crippen LogP contribution in [0.25, 0.3) is 0 Å². The molecule has 2 N–H and O–H groups in total. The smallest absolute Gasteiger partial charge is 0.191 e. The molecule has 5 heteroatoms. The fraction of sp³-hybridized carbons (Fsp3) is 0.947. The molecule has 0 spiro atoms. The molecule has 0 radical (unpaired) electrons. The Morgan fingerprint density at radius 1 is 1.17 bits per heavy atom. The lowest BCUT2D eigenvalue weighted by Gasteiger charge is -2.38. The lowest BCUT2D eigenvalue weighted by atomic mass is 10.0. The minimum absolute atomic E-state index is 0.529. The Balaban J connectivity index is 1.44. The molecule has 2 saturated heterocycles. The van der Waals surface area contributed by atoms with Crippen LogP contribution in [0.1, 0.15) is 52.9 Å². The molecule has 3 aliphatic rings. The van der Waals surface area contributed by atoms with Crippen LogP contribution in [0.5, 0.6) is 0 Å². The van der Waals surface area contributed by atoms with Gasteiger partial charge in [0.2, 0.25) is 0 Å². The highest BCUT2D eigenvalue weighted by molar-refractivity contribution is 5.80. The van der Waals surface area contributed by atoms with Gasteiger partial charge in [0, 0.05) is 50.8 Å². The first kappa shape index (κ1) is 18.0. The van der Waals surface area contributed by atoms with E-state index in [9.17, 15) is 0 Å². The summed E-state index contributed by atoms with van der Waals surface area (Å²) in [5, 5.41) is 7.25. The third-order valence-electron chi connectivity index (χ3n) is 6.24. The maximum atomic E-state index is 4.47. The summed E-state index contributed by atoms with van der Waals surface area (Å²) in [6.45, 7) is 11.7. The lowest BCUT2D eigenvalue weighted by Crippen LogP contribution is -2.52. The van der Waals surface area contributed by atoms with Crippen LogP contribution in [-0.4, -0.2) is 73.2 Å². The van der Waals surface area contributed by atoms with E-state index in [1.54, 1.807) is 0 Å². The van der Waals surface area contributed by atoms with Crippen LogP contribution in [-0.2, 0) is 0 Å². The summed E-state index contributed by atoms with van der Waals surface area (Å²) in [7, 11) is 1.89.